The molecular weight excluding hydrogens is 785 g/mol. The van der Waals surface area contributed by atoms with Crippen molar-refractivity contribution in [2.24, 2.45) is 22.9 Å². The van der Waals surface area contributed by atoms with Crippen molar-refractivity contribution in [3.8, 4) is 17.2 Å². The van der Waals surface area contributed by atoms with Crippen LogP contribution < -0.4 is 9.47 Å². The van der Waals surface area contributed by atoms with Crippen LogP contribution in [-0.4, -0.2) is 85.4 Å². The van der Waals surface area contributed by atoms with Gasteiger partial charge in [-0.15, -0.1) is 6.58 Å². The van der Waals surface area contributed by atoms with Crippen molar-refractivity contribution < 1.29 is 43.5 Å². The van der Waals surface area contributed by atoms with E-state index in [-0.39, 0.29) is 57.2 Å². The minimum Gasteiger partial charge on any atom is -0.459 e. The number of amides is 1. The van der Waals surface area contributed by atoms with Gasteiger partial charge in [-0.2, -0.15) is 0 Å². The number of benzene rings is 4. The van der Waals surface area contributed by atoms with E-state index in [1.165, 1.54) is 0 Å². The second kappa shape index (κ2) is 21.7. The number of aliphatic hydroxyl groups is 2. The molecule has 7 rings (SSSR count). The molecule has 3 aliphatic rings. The Morgan fingerprint density at radius 2 is 1.66 bits per heavy atom. The minimum absolute atomic E-state index is 0.0709. The maximum Gasteiger partial charge on any atom is 0.410 e. The number of rotatable bonds is 22. The topological polar surface area (TPSA) is 129 Å². The SMILES string of the molecule is C=CCO[C@@]12Oc3ccc(Oc4ccc5ccccc5c4)cc3[C@H]3[C@H](CCCCO)[C@@H](CCCCO)C=C(C(=NOC)C[C@@H]1N(CCC)C(=O)OCCOCc1ccccc1)[C@H]32. The first-order valence-electron chi connectivity index (χ1n) is 22.3. The highest BCUT2D eigenvalue weighted by molar-refractivity contribution is 6.03. The van der Waals surface area contributed by atoms with Crippen molar-refractivity contribution in [3.63, 3.8) is 0 Å². The molecule has 1 amide bonds. The van der Waals surface area contributed by atoms with Gasteiger partial charge in [-0.25, -0.2) is 4.79 Å². The van der Waals surface area contributed by atoms with Gasteiger partial charge < -0.3 is 38.7 Å². The third-order valence-electron chi connectivity index (χ3n) is 12.4. The number of carbonyl (C=O) groups is 1. The van der Waals surface area contributed by atoms with Crippen LogP contribution in [0.4, 0.5) is 4.79 Å². The Labute approximate surface area is 365 Å². The summed E-state index contributed by atoms with van der Waals surface area (Å²) in [4.78, 5) is 21.8. The number of nitrogens with zero attached hydrogens (tertiary/aromatic N) is 2. The fraction of sp³-hybridized carbons (Fsp3) is 0.451. The van der Waals surface area contributed by atoms with Crippen LogP contribution in [0.2, 0.25) is 0 Å². The Bertz CT molecular complexity index is 2160. The van der Waals surface area contributed by atoms with Crippen LogP contribution in [0, 0.1) is 17.8 Å². The second-order valence-electron chi connectivity index (χ2n) is 16.4. The number of aliphatic hydroxyl groups excluding tert-OH is 2. The van der Waals surface area contributed by atoms with Crippen LogP contribution >= 0.6 is 0 Å². The molecule has 1 fully saturated rings. The van der Waals surface area contributed by atoms with Crippen molar-refractivity contribution in [1.82, 2.24) is 4.90 Å². The summed E-state index contributed by atoms with van der Waals surface area (Å²) in [5.41, 5.74) is 3.71. The molecule has 4 aromatic carbocycles. The molecule has 1 saturated carbocycles. The molecular formula is C51H62N2O9. The molecule has 6 atom stereocenters. The molecule has 0 radical (unpaired) electrons. The van der Waals surface area contributed by atoms with Crippen molar-refractivity contribution in [2.75, 3.05) is 46.7 Å². The molecule has 1 aliphatic heterocycles. The highest BCUT2D eigenvalue weighted by Gasteiger charge is 2.65. The quantitative estimate of drug-likeness (QED) is 0.0451. The van der Waals surface area contributed by atoms with Gasteiger partial charge in [0.1, 0.15) is 37.0 Å². The van der Waals surface area contributed by atoms with E-state index in [1.807, 2.05) is 73.7 Å². The van der Waals surface area contributed by atoms with E-state index in [0.29, 0.717) is 43.9 Å². The highest BCUT2D eigenvalue weighted by atomic mass is 16.7. The molecule has 11 heteroatoms. The van der Waals surface area contributed by atoms with Gasteiger partial charge in [-0.3, -0.25) is 4.90 Å². The molecule has 0 unspecified atom stereocenters. The van der Waals surface area contributed by atoms with Crippen molar-refractivity contribution in [1.29, 1.82) is 0 Å². The number of oxime groups is 1. The zero-order valence-electron chi connectivity index (χ0n) is 36.2. The van der Waals surface area contributed by atoms with Crippen LogP contribution in [-0.2, 0) is 25.7 Å². The Kier molecular flexibility index (Phi) is 15.7. The molecule has 0 spiro atoms. The van der Waals surface area contributed by atoms with Gasteiger partial charge in [0.2, 0.25) is 5.79 Å². The lowest BCUT2D eigenvalue weighted by molar-refractivity contribution is -0.255. The predicted octanol–water partition coefficient (Wildman–Crippen LogP) is 9.96. The van der Waals surface area contributed by atoms with Crippen molar-refractivity contribution in [2.45, 2.75) is 82.6 Å². The van der Waals surface area contributed by atoms with Gasteiger partial charge in [0.25, 0.3) is 0 Å². The van der Waals surface area contributed by atoms with Crippen LogP contribution in [0.15, 0.2) is 120 Å². The lowest BCUT2D eigenvalue weighted by Gasteiger charge is -2.59. The number of carbonyl (C=O) groups excluding carboxylic acids is 1. The maximum absolute atomic E-state index is 14.4. The first-order chi connectivity index (χ1) is 30.4. The number of hydrogen-bond donors (Lipinski definition) is 2. The van der Waals surface area contributed by atoms with E-state index >= 15 is 0 Å². The molecule has 330 valence electrons. The highest BCUT2D eigenvalue weighted by Crippen LogP contribution is 2.62. The number of ether oxygens (including phenoxy) is 5. The normalized spacial score (nSPS) is 23.1. The summed E-state index contributed by atoms with van der Waals surface area (Å²) >= 11 is 0. The first-order valence-corrected chi connectivity index (χ1v) is 22.3. The third-order valence-corrected chi connectivity index (χ3v) is 12.4. The van der Waals surface area contributed by atoms with E-state index in [9.17, 15) is 15.0 Å². The van der Waals surface area contributed by atoms with Gasteiger partial charge in [0.05, 0.1) is 31.5 Å². The predicted molar refractivity (Wildman–Crippen MR) is 240 cm³/mol. The molecule has 1 heterocycles. The molecule has 2 N–H and O–H groups in total. The number of hydrogen-bond acceptors (Lipinski definition) is 10. The fourth-order valence-corrected chi connectivity index (χ4v) is 9.84. The summed E-state index contributed by atoms with van der Waals surface area (Å²) in [5.74, 6) is 0.236. The Hall–Kier alpha value is -5.20. The maximum atomic E-state index is 14.4. The van der Waals surface area contributed by atoms with Gasteiger partial charge >= 0.3 is 6.09 Å². The molecule has 62 heavy (non-hydrogen) atoms. The molecule has 0 bridgehead atoms. The summed E-state index contributed by atoms with van der Waals surface area (Å²) in [5, 5.41) is 26.7. The van der Waals surface area contributed by atoms with Gasteiger partial charge in [0.15, 0.2) is 0 Å². The zero-order valence-corrected chi connectivity index (χ0v) is 36.2. The Morgan fingerprint density at radius 3 is 2.42 bits per heavy atom. The molecule has 0 aromatic heterocycles. The minimum atomic E-state index is -1.38. The molecule has 11 nitrogen and oxygen atoms in total. The van der Waals surface area contributed by atoms with Crippen LogP contribution in [0.3, 0.4) is 0 Å². The average molecular weight is 847 g/mol. The summed E-state index contributed by atoms with van der Waals surface area (Å²) in [6, 6.07) is 29.5. The third kappa shape index (κ3) is 10.0. The molecule has 2 aliphatic carbocycles. The summed E-state index contributed by atoms with van der Waals surface area (Å²) in [6.07, 6.45) is 9.21. The lowest BCUT2D eigenvalue weighted by Crippen LogP contribution is -2.70. The largest absolute Gasteiger partial charge is 0.459 e. The number of fused-ring (bicyclic) bond motifs is 3. The Balaban J connectivity index is 1.32. The average Bonchev–Trinajstić information content (AvgIpc) is 3.29. The van der Waals surface area contributed by atoms with Gasteiger partial charge in [-0.05, 0) is 96.2 Å². The number of unbranched alkanes of at least 4 members (excludes halogenated alkanes) is 2. The first kappa shape index (κ1) is 44.8. The van der Waals surface area contributed by atoms with Gasteiger partial charge in [0, 0.05) is 37.7 Å². The van der Waals surface area contributed by atoms with Gasteiger partial charge in [-0.1, -0.05) is 97.7 Å². The summed E-state index contributed by atoms with van der Waals surface area (Å²) in [7, 11) is 1.55. The summed E-state index contributed by atoms with van der Waals surface area (Å²) < 4.78 is 32.9. The molecule has 4 aromatic rings. The van der Waals surface area contributed by atoms with Crippen LogP contribution in [0.1, 0.15) is 75.3 Å². The standard InChI is InChI=1S/C51H62N2O9/c1-4-25-53(50(56)59-30-29-58-35-36-15-7-6-8-16-36)47-34-45(52-57-3)43-32-39(19-11-13-26-54)42(20-12-14-27-55)48-44-33-41(61-40-22-21-37-17-9-10-18-38(37)31-40)23-24-46(44)62-51(47,49(43)48)60-28-5-2/h5-10,15-18,21-24,31-33,39,42,47-49,54-55H,2,4,11-14,19-20,25-30,34-35H2,1,3H3/t39-,42+,47-,48+,49+,51+/m0/s1. The van der Waals surface area contributed by atoms with E-state index in [1.54, 1.807) is 18.1 Å². The zero-order chi connectivity index (χ0) is 43.3. The smallest absolute Gasteiger partial charge is 0.410 e. The van der Waals surface area contributed by atoms with Crippen LogP contribution in [0.5, 0.6) is 17.2 Å². The Morgan fingerprint density at radius 1 is 0.919 bits per heavy atom. The van der Waals surface area contributed by atoms with E-state index in [4.69, 9.17) is 28.5 Å². The monoisotopic (exact) mass is 846 g/mol. The fourth-order valence-electron chi connectivity index (χ4n) is 9.84. The van der Waals surface area contributed by atoms with Crippen molar-refractivity contribution in [3.05, 3.63) is 126 Å². The van der Waals surface area contributed by atoms with E-state index in [0.717, 1.165) is 64.6 Å². The second-order valence-corrected chi connectivity index (χ2v) is 16.4. The van der Waals surface area contributed by atoms with E-state index in [2.05, 4.69) is 42.1 Å². The van der Waals surface area contributed by atoms with E-state index < -0.39 is 23.8 Å². The molecule has 0 saturated heterocycles. The van der Waals surface area contributed by atoms with Crippen molar-refractivity contribution >= 4 is 22.6 Å². The summed E-state index contributed by atoms with van der Waals surface area (Å²) in [6.45, 7) is 7.55. The van der Waals surface area contributed by atoms with Crippen LogP contribution in [0.25, 0.3) is 10.8 Å². The number of allylic oxidation sites excluding steroid dienone is 1. The lowest BCUT2D eigenvalue weighted by atomic mass is 9.55.